The molecule has 23 heavy (non-hydrogen) atoms. The van der Waals surface area contributed by atoms with E-state index in [0.717, 1.165) is 31.6 Å². The quantitative estimate of drug-likeness (QED) is 0.874. The molecule has 1 amide bonds. The van der Waals surface area contributed by atoms with Crippen LogP contribution in [0.1, 0.15) is 29.6 Å². The number of carbonyl (C=O) groups is 1. The molecule has 5 heteroatoms. The summed E-state index contributed by atoms with van der Waals surface area (Å²) < 4.78 is 0. The van der Waals surface area contributed by atoms with Gasteiger partial charge in [0.1, 0.15) is 5.56 Å². The van der Waals surface area contributed by atoms with Crippen LogP contribution < -0.4 is 5.43 Å². The number of nitrogens with zero attached hydrogens (tertiary/aromatic N) is 2. The number of rotatable bonds is 1. The summed E-state index contributed by atoms with van der Waals surface area (Å²) in [6.45, 7) is 3.51. The molecule has 2 aliphatic heterocycles. The fourth-order valence-corrected chi connectivity index (χ4v) is 3.84. The summed E-state index contributed by atoms with van der Waals surface area (Å²) in [6, 6.07) is 7.78. The topological polar surface area (TPSA) is 56.4 Å². The van der Waals surface area contributed by atoms with Crippen LogP contribution in [0.25, 0.3) is 10.9 Å². The van der Waals surface area contributed by atoms with Crippen LogP contribution in [0.5, 0.6) is 0 Å². The minimum absolute atomic E-state index is 0.137. The molecule has 2 aliphatic rings. The lowest BCUT2D eigenvalue weighted by molar-refractivity contribution is 0.0371. The molecule has 0 unspecified atom stereocenters. The lowest BCUT2D eigenvalue weighted by atomic mass is 9.99. The molecule has 0 saturated carbocycles. The molecule has 4 rings (SSSR count). The summed E-state index contributed by atoms with van der Waals surface area (Å²) >= 11 is 0. The van der Waals surface area contributed by atoms with Gasteiger partial charge in [0.25, 0.3) is 5.91 Å². The summed E-state index contributed by atoms with van der Waals surface area (Å²) in [5.41, 5.74) is 0.856. The highest BCUT2D eigenvalue weighted by molar-refractivity contribution is 5.97. The highest BCUT2D eigenvalue weighted by Crippen LogP contribution is 2.22. The minimum atomic E-state index is -0.171. The second-order valence-corrected chi connectivity index (χ2v) is 6.51. The van der Waals surface area contributed by atoms with E-state index in [-0.39, 0.29) is 16.9 Å². The number of hydrogen-bond acceptors (Lipinski definition) is 3. The summed E-state index contributed by atoms with van der Waals surface area (Å²) in [7, 11) is 0. The summed E-state index contributed by atoms with van der Waals surface area (Å²) in [5.74, 6) is -0.137. The number of amides is 1. The van der Waals surface area contributed by atoms with Crippen LogP contribution in [0.2, 0.25) is 0 Å². The zero-order valence-electron chi connectivity index (χ0n) is 13.1. The molecule has 0 aliphatic carbocycles. The monoisotopic (exact) mass is 311 g/mol. The Labute approximate surface area is 134 Å². The molecule has 3 heterocycles. The lowest BCUT2D eigenvalue weighted by Gasteiger charge is -2.44. The Balaban J connectivity index is 1.62. The van der Waals surface area contributed by atoms with Crippen LogP contribution in [0, 0.1) is 0 Å². The number of pyridine rings is 1. The molecule has 2 saturated heterocycles. The van der Waals surface area contributed by atoms with Gasteiger partial charge in [-0.1, -0.05) is 18.6 Å². The highest BCUT2D eigenvalue weighted by atomic mass is 16.2. The van der Waals surface area contributed by atoms with E-state index in [0.29, 0.717) is 18.0 Å². The average molecular weight is 311 g/mol. The van der Waals surface area contributed by atoms with Crippen molar-refractivity contribution in [2.75, 3.05) is 26.2 Å². The van der Waals surface area contributed by atoms with Crippen molar-refractivity contribution in [2.24, 2.45) is 0 Å². The molecule has 2 aromatic rings. The predicted molar refractivity (Wildman–Crippen MR) is 89.7 cm³/mol. The maximum absolute atomic E-state index is 12.8. The van der Waals surface area contributed by atoms with Crippen molar-refractivity contribution in [1.82, 2.24) is 14.8 Å². The molecule has 1 atom stereocenters. The van der Waals surface area contributed by atoms with Gasteiger partial charge < -0.3 is 9.88 Å². The zero-order valence-corrected chi connectivity index (χ0v) is 13.1. The van der Waals surface area contributed by atoms with E-state index < -0.39 is 0 Å². The number of hydrogen-bond donors (Lipinski definition) is 1. The normalized spacial score (nSPS) is 22.1. The standard InChI is InChI=1S/C18H21N3O2/c22-17-14-6-1-2-7-16(14)19-11-15(17)18(23)21-10-9-20-8-4-3-5-13(20)12-21/h1-2,6-7,11,13H,3-5,8-10,12H2,(H,19,22)/t13-/m0/s1. The maximum atomic E-state index is 12.8. The van der Waals surface area contributed by atoms with Gasteiger partial charge >= 0.3 is 0 Å². The molecular weight excluding hydrogens is 290 g/mol. The van der Waals surface area contributed by atoms with Crippen LogP contribution in [0.15, 0.2) is 35.3 Å². The van der Waals surface area contributed by atoms with E-state index in [9.17, 15) is 9.59 Å². The summed E-state index contributed by atoms with van der Waals surface area (Å²) in [5, 5.41) is 0.578. The van der Waals surface area contributed by atoms with Gasteiger partial charge in [-0.2, -0.15) is 0 Å². The van der Waals surface area contributed by atoms with E-state index in [1.807, 2.05) is 23.1 Å². The second kappa shape index (κ2) is 5.81. The fraction of sp³-hybridized carbons (Fsp3) is 0.444. The van der Waals surface area contributed by atoms with Crippen LogP contribution in [0.4, 0.5) is 0 Å². The first-order valence-corrected chi connectivity index (χ1v) is 8.38. The molecule has 1 aromatic carbocycles. The third-order valence-corrected chi connectivity index (χ3v) is 5.14. The van der Waals surface area contributed by atoms with Crippen LogP contribution in [-0.4, -0.2) is 52.9 Å². The first-order chi connectivity index (χ1) is 11.2. The Bertz CT molecular complexity index is 798. The van der Waals surface area contributed by atoms with E-state index >= 15 is 0 Å². The Kier molecular flexibility index (Phi) is 3.65. The number of piperazine rings is 1. The first-order valence-electron chi connectivity index (χ1n) is 8.38. The van der Waals surface area contributed by atoms with Gasteiger partial charge in [-0.05, 0) is 31.5 Å². The third-order valence-electron chi connectivity index (χ3n) is 5.14. The largest absolute Gasteiger partial charge is 0.360 e. The van der Waals surface area contributed by atoms with Crippen molar-refractivity contribution in [1.29, 1.82) is 0 Å². The molecule has 0 radical (unpaired) electrons. The number of benzene rings is 1. The Morgan fingerprint density at radius 3 is 2.91 bits per heavy atom. The molecule has 120 valence electrons. The lowest BCUT2D eigenvalue weighted by Crippen LogP contribution is -2.56. The maximum Gasteiger partial charge on any atom is 0.259 e. The van der Waals surface area contributed by atoms with Gasteiger partial charge in [0, 0.05) is 42.8 Å². The smallest absolute Gasteiger partial charge is 0.259 e. The van der Waals surface area contributed by atoms with Gasteiger partial charge in [0.2, 0.25) is 5.43 Å². The van der Waals surface area contributed by atoms with Crippen molar-refractivity contribution < 1.29 is 4.79 Å². The number of piperidine rings is 1. The van der Waals surface area contributed by atoms with Gasteiger partial charge in [-0.15, -0.1) is 0 Å². The minimum Gasteiger partial charge on any atom is -0.360 e. The van der Waals surface area contributed by atoms with E-state index in [2.05, 4.69) is 9.88 Å². The molecule has 5 nitrogen and oxygen atoms in total. The molecule has 2 fully saturated rings. The first kappa shape index (κ1) is 14.5. The zero-order chi connectivity index (χ0) is 15.8. The van der Waals surface area contributed by atoms with Crippen molar-refractivity contribution in [3.8, 4) is 0 Å². The number of aromatic amines is 1. The molecule has 0 spiro atoms. The van der Waals surface area contributed by atoms with E-state index in [1.165, 1.54) is 12.8 Å². The fourth-order valence-electron chi connectivity index (χ4n) is 3.84. The molecule has 1 N–H and O–H groups in total. The Morgan fingerprint density at radius 2 is 2.00 bits per heavy atom. The van der Waals surface area contributed by atoms with Crippen LogP contribution in [0.3, 0.4) is 0 Å². The van der Waals surface area contributed by atoms with Gasteiger partial charge in [0.15, 0.2) is 0 Å². The van der Waals surface area contributed by atoms with Gasteiger partial charge in [-0.3, -0.25) is 14.5 Å². The predicted octanol–water partition coefficient (Wildman–Crippen LogP) is 1.84. The number of aromatic nitrogens is 1. The number of nitrogens with one attached hydrogen (secondary N) is 1. The summed E-state index contributed by atoms with van der Waals surface area (Å²) in [6.07, 6.45) is 5.21. The average Bonchev–Trinajstić information content (AvgIpc) is 2.61. The molecular formula is C18H21N3O2. The second-order valence-electron chi connectivity index (χ2n) is 6.51. The van der Waals surface area contributed by atoms with Crippen molar-refractivity contribution in [3.63, 3.8) is 0 Å². The number of H-pyrrole nitrogens is 1. The van der Waals surface area contributed by atoms with Gasteiger partial charge in [-0.25, -0.2) is 0 Å². The van der Waals surface area contributed by atoms with E-state index in [1.54, 1.807) is 12.3 Å². The number of para-hydroxylation sites is 1. The molecule has 0 bridgehead atoms. The van der Waals surface area contributed by atoms with Crippen molar-refractivity contribution in [2.45, 2.75) is 25.3 Å². The molecule has 1 aromatic heterocycles. The van der Waals surface area contributed by atoms with Crippen LogP contribution >= 0.6 is 0 Å². The number of carbonyl (C=O) groups excluding carboxylic acids is 1. The Hall–Kier alpha value is -2.14. The van der Waals surface area contributed by atoms with Crippen molar-refractivity contribution >= 4 is 16.8 Å². The van der Waals surface area contributed by atoms with E-state index in [4.69, 9.17) is 0 Å². The highest BCUT2D eigenvalue weighted by Gasteiger charge is 2.32. The SMILES string of the molecule is O=C(c1c[nH]c2ccccc2c1=O)N1CCN2CCCC[C@H]2C1. The van der Waals surface area contributed by atoms with Crippen LogP contribution in [-0.2, 0) is 0 Å². The van der Waals surface area contributed by atoms with Crippen molar-refractivity contribution in [3.05, 3.63) is 46.2 Å². The number of fused-ring (bicyclic) bond motifs is 2. The Morgan fingerprint density at radius 1 is 1.13 bits per heavy atom. The summed E-state index contributed by atoms with van der Waals surface area (Å²) in [4.78, 5) is 32.9. The van der Waals surface area contributed by atoms with Gasteiger partial charge in [0.05, 0.1) is 0 Å². The third kappa shape index (κ3) is 2.55.